The van der Waals surface area contributed by atoms with E-state index in [0.717, 1.165) is 25.3 Å². The second-order valence-corrected chi connectivity index (χ2v) is 6.44. The van der Waals surface area contributed by atoms with E-state index in [1.54, 1.807) is 0 Å². The molecular weight excluding hydrogens is 373 g/mol. The minimum atomic E-state index is -4.50. The molecule has 26 heavy (non-hydrogen) atoms. The number of nitrogens with two attached hydrogens (primary N) is 1. The molecule has 1 aromatic heterocycles. The van der Waals surface area contributed by atoms with Gasteiger partial charge in [0.05, 0.1) is 5.56 Å². The highest BCUT2D eigenvalue weighted by molar-refractivity contribution is 5.85. The molecule has 1 aromatic carbocycles. The number of aromatic amines is 1. The van der Waals surface area contributed by atoms with Crippen molar-refractivity contribution in [1.82, 2.24) is 10.2 Å². The van der Waals surface area contributed by atoms with Crippen LogP contribution in [0, 0.1) is 5.92 Å². The van der Waals surface area contributed by atoms with Crippen LogP contribution in [-0.4, -0.2) is 22.3 Å². The van der Waals surface area contributed by atoms with Gasteiger partial charge in [0, 0.05) is 23.3 Å². The summed E-state index contributed by atoms with van der Waals surface area (Å²) in [4.78, 5) is 11.1. The van der Waals surface area contributed by atoms with Crippen LogP contribution in [0.15, 0.2) is 27.4 Å². The number of anilines is 1. The fraction of sp³-hybridized carbons (Fsp3) is 0.500. The van der Waals surface area contributed by atoms with E-state index in [0.29, 0.717) is 0 Å². The van der Waals surface area contributed by atoms with Crippen LogP contribution in [0.4, 0.5) is 18.9 Å². The molecule has 1 aliphatic carbocycles. The minimum Gasteiger partial charge on any atom is -0.388 e. The summed E-state index contributed by atoms with van der Waals surface area (Å²) in [5.41, 5.74) is 5.34. The van der Waals surface area contributed by atoms with Gasteiger partial charge in [-0.3, -0.25) is 0 Å². The summed E-state index contributed by atoms with van der Waals surface area (Å²) >= 11 is 0. The minimum absolute atomic E-state index is 0. The molecule has 0 bridgehead atoms. The zero-order valence-electron chi connectivity index (χ0n) is 14.0. The monoisotopic (exact) mass is 392 g/mol. The Morgan fingerprint density at radius 2 is 2.12 bits per heavy atom. The van der Waals surface area contributed by atoms with Crippen molar-refractivity contribution < 1.29 is 17.6 Å². The number of benzene rings is 1. The zero-order chi connectivity index (χ0) is 18.2. The van der Waals surface area contributed by atoms with Gasteiger partial charge in [-0.15, -0.1) is 17.5 Å². The lowest BCUT2D eigenvalue weighted by molar-refractivity contribution is -0.137. The second kappa shape index (κ2) is 7.71. The molecule has 1 aliphatic rings. The molecule has 0 saturated heterocycles. The lowest BCUT2D eigenvalue weighted by Crippen LogP contribution is -2.27. The Morgan fingerprint density at radius 1 is 1.38 bits per heavy atom. The third-order valence-electron chi connectivity index (χ3n) is 4.61. The van der Waals surface area contributed by atoms with Crippen LogP contribution in [0.3, 0.4) is 0 Å². The highest BCUT2D eigenvalue weighted by Crippen LogP contribution is 2.38. The van der Waals surface area contributed by atoms with Gasteiger partial charge in [-0.2, -0.15) is 13.2 Å². The van der Waals surface area contributed by atoms with Crippen molar-refractivity contribution in [3.05, 3.63) is 34.3 Å². The van der Waals surface area contributed by atoms with Crippen LogP contribution >= 0.6 is 12.4 Å². The largest absolute Gasteiger partial charge is 0.434 e. The quantitative estimate of drug-likeness (QED) is 0.741. The first-order valence-electron chi connectivity index (χ1n) is 8.03. The van der Waals surface area contributed by atoms with Gasteiger partial charge in [0.2, 0.25) is 5.89 Å². The molecule has 144 valence electrons. The third kappa shape index (κ3) is 4.39. The maximum atomic E-state index is 13.3. The van der Waals surface area contributed by atoms with Crippen LogP contribution in [-0.2, 0) is 6.18 Å². The lowest BCUT2D eigenvalue weighted by atomic mass is 9.98. The Kier molecular flexibility index (Phi) is 6.02. The molecular formula is C16H20ClF3N4O2. The number of nitrogens with zero attached hydrogens (tertiary/aromatic N) is 1. The summed E-state index contributed by atoms with van der Waals surface area (Å²) in [7, 11) is 0. The zero-order valence-corrected chi connectivity index (χ0v) is 14.8. The first-order chi connectivity index (χ1) is 11.7. The first-order valence-corrected chi connectivity index (χ1v) is 8.03. The number of alkyl halides is 3. The van der Waals surface area contributed by atoms with E-state index in [4.69, 9.17) is 10.2 Å². The van der Waals surface area contributed by atoms with Crippen LogP contribution in [0.1, 0.15) is 31.7 Å². The van der Waals surface area contributed by atoms with Gasteiger partial charge in [0.15, 0.2) is 0 Å². The smallest absolute Gasteiger partial charge is 0.388 e. The van der Waals surface area contributed by atoms with E-state index in [-0.39, 0.29) is 47.6 Å². The molecule has 1 heterocycles. The van der Waals surface area contributed by atoms with Crippen LogP contribution in [0.25, 0.3) is 11.5 Å². The Bertz CT molecular complexity index is 805. The summed E-state index contributed by atoms with van der Waals surface area (Å²) in [5.74, 6) is -0.613. The summed E-state index contributed by atoms with van der Waals surface area (Å²) in [6.45, 7) is 1.85. The summed E-state index contributed by atoms with van der Waals surface area (Å²) in [6, 6.07) is 3.41. The number of hydrogen-bond donors (Lipinski definition) is 3. The summed E-state index contributed by atoms with van der Waals surface area (Å²) in [6.07, 6.45) is -1.96. The van der Waals surface area contributed by atoms with Gasteiger partial charge in [-0.1, -0.05) is 0 Å². The highest BCUT2D eigenvalue weighted by atomic mass is 35.5. The van der Waals surface area contributed by atoms with Crippen LogP contribution in [0.5, 0.6) is 0 Å². The number of halogens is 4. The summed E-state index contributed by atoms with van der Waals surface area (Å²) in [5, 5.41) is 8.71. The molecule has 3 rings (SSSR count). The molecule has 1 saturated carbocycles. The molecule has 6 nitrogen and oxygen atoms in total. The third-order valence-corrected chi connectivity index (χ3v) is 4.61. The van der Waals surface area contributed by atoms with Gasteiger partial charge in [0.1, 0.15) is 0 Å². The van der Waals surface area contributed by atoms with Gasteiger partial charge >= 0.3 is 11.9 Å². The lowest BCUT2D eigenvalue weighted by Gasteiger charge is -2.24. The SMILES string of the molecule is C[C@H](Nc1cc(-c2n[nH]c(=O)o2)ccc1C(F)(F)F)[C@H]1CC[C@@H](N)C1.Cl. The number of hydrogen-bond acceptors (Lipinski definition) is 5. The Morgan fingerprint density at radius 3 is 2.65 bits per heavy atom. The molecule has 0 amide bonds. The molecule has 2 aromatic rings. The van der Waals surface area contributed by atoms with E-state index >= 15 is 0 Å². The van der Waals surface area contributed by atoms with Gasteiger partial charge < -0.3 is 15.5 Å². The Hall–Kier alpha value is -2.00. The molecule has 0 spiro atoms. The molecule has 1 fully saturated rings. The average Bonchev–Trinajstić information content (AvgIpc) is 3.14. The molecule has 3 atom stereocenters. The Labute approximate surface area is 153 Å². The van der Waals surface area contributed by atoms with Gasteiger partial charge in [0.25, 0.3) is 0 Å². The van der Waals surface area contributed by atoms with E-state index in [9.17, 15) is 18.0 Å². The second-order valence-electron chi connectivity index (χ2n) is 6.44. The fourth-order valence-corrected chi connectivity index (χ4v) is 3.27. The normalized spacial score (nSPS) is 21.3. The predicted molar refractivity (Wildman–Crippen MR) is 93.2 cm³/mol. The van der Waals surface area contributed by atoms with E-state index in [1.807, 2.05) is 6.92 Å². The van der Waals surface area contributed by atoms with Crippen molar-refractivity contribution in [3.8, 4) is 11.5 Å². The average molecular weight is 393 g/mol. The van der Waals surface area contributed by atoms with Gasteiger partial charge in [-0.05, 0) is 50.3 Å². The first kappa shape index (κ1) is 20.3. The Balaban J connectivity index is 0.00000243. The van der Waals surface area contributed by atoms with Crippen molar-refractivity contribution in [2.24, 2.45) is 11.7 Å². The number of rotatable bonds is 4. The fourth-order valence-electron chi connectivity index (χ4n) is 3.27. The summed E-state index contributed by atoms with van der Waals surface area (Å²) < 4.78 is 44.8. The van der Waals surface area contributed by atoms with Crippen molar-refractivity contribution in [3.63, 3.8) is 0 Å². The predicted octanol–water partition coefficient (Wildman–Crippen LogP) is 3.40. The highest BCUT2D eigenvalue weighted by Gasteiger charge is 2.35. The molecule has 10 heteroatoms. The maximum absolute atomic E-state index is 13.3. The van der Waals surface area contributed by atoms with Gasteiger partial charge in [-0.25, -0.2) is 9.89 Å². The van der Waals surface area contributed by atoms with Crippen LogP contribution in [0.2, 0.25) is 0 Å². The molecule has 4 N–H and O–H groups in total. The maximum Gasteiger partial charge on any atom is 0.434 e. The molecule has 0 unspecified atom stereocenters. The number of aromatic nitrogens is 2. The topological polar surface area (TPSA) is 96.9 Å². The van der Waals surface area contributed by atoms with Crippen molar-refractivity contribution in [1.29, 1.82) is 0 Å². The van der Waals surface area contributed by atoms with E-state index in [2.05, 4.69) is 15.5 Å². The molecule has 0 radical (unpaired) electrons. The van der Waals surface area contributed by atoms with E-state index in [1.165, 1.54) is 12.1 Å². The van der Waals surface area contributed by atoms with Crippen LogP contribution < -0.4 is 16.8 Å². The van der Waals surface area contributed by atoms with Crippen molar-refractivity contribution in [2.45, 2.75) is 44.4 Å². The van der Waals surface area contributed by atoms with Crippen molar-refractivity contribution in [2.75, 3.05) is 5.32 Å². The van der Waals surface area contributed by atoms with Crippen molar-refractivity contribution >= 4 is 18.1 Å². The van der Waals surface area contributed by atoms with E-state index < -0.39 is 17.5 Å². The number of H-pyrrole nitrogens is 1. The standard InChI is InChI=1S/C16H19F3N4O2.ClH/c1-8(9-2-4-11(20)6-9)21-13-7-10(14-22-23-15(24)25-14)3-5-12(13)16(17,18)19;/h3,5,7-9,11,21H,2,4,6,20H2,1H3,(H,23,24);1H/t8-,9-,11+;/m0./s1. The molecule has 0 aliphatic heterocycles. The number of nitrogens with one attached hydrogen (secondary N) is 2.